The second-order valence-electron chi connectivity index (χ2n) is 29.9. The molecule has 3 radical (unpaired) electrons. The third kappa shape index (κ3) is 48.1. The van der Waals surface area contributed by atoms with Crippen LogP contribution in [0.5, 0.6) is 69.0 Å². The van der Waals surface area contributed by atoms with E-state index in [9.17, 15) is 30.6 Å². The van der Waals surface area contributed by atoms with Crippen LogP contribution < -0.4 is 236 Å². The van der Waals surface area contributed by atoms with E-state index in [0.29, 0.717) is 11.4 Å². The van der Waals surface area contributed by atoms with Crippen LogP contribution in [-0.4, -0.2) is 134 Å². The fourth-order valence-electron chi connectivity index (χ4n) is 13.5. The molecule has 0 unspecified atom stereocenters. The first kappa shape index (κ1) is 136. The molecule has 0 amide bonds. The van der Waals surface area contributed by atoms with Gasteiger partial charge in [-0.15, -0.1) is 35.5 Å². The minimum atomic E-state index is -1.37. The second-order valence-corrected chi connectivity index (χ2v) is 29.9. The van der Waals surface area contributed by atoms with Crippen LogP contribution in [0.25, 0.3) is 21.3 Å². The summed E-state index contributed by atoms with van der Waals surface area (Å²) in [6.45, 7) is 20.9. The fraction of sp³-hybridized carbons (Fsp3) is 0.451. The monoisotopic (exact) mass is 2040 g/mol. The van der Waals surface area contributed by atoms with Crippen LogP contribution in [0.2, 0.25) is 0 Å². The Balaban J connectivity index is -0.00000279. The van der Waals surface area contributed by atoms with E-state index in [-0.39, 0.29) is 330 Å². The molecule has 6 saturated heterocycles. The van der Waals surface area contributed by atoms with Crippen LogP contribution in [0.1, 0.15) is 214 Å². The van der Waals surface area contributed by atoms with E-state index < -0.39 is 47.2 Å². The third-order valence-corrected chi connectivity index (χ3v) is 20.6. The molecule has 0 saturated carbocycles. The summed E-state index contributed by atoms with van der Waals surface area (Å²) < 4.78 is 62.5. The Hall–Kier alpha value is -3.60. The van der Waals surface area contributed by atoms with Crippen molar-refractivity contribution in [2.45, 2.75) is 180 Å². The molecule has 6 aliphatic heterocycles. The molecule has 0 spiro atoms. The molecular weight excluding hydrogens is 1910 g/mol. The molecule has 33 heteroatoms. The topological polar surface area (TPSA) is 330 Å². The number of nitrogens with zero attached hydrogens (tertiary/aromatic N) is 6. The molecule has 6 aliphatic rings. The molecule has 711 valence electrons. The Labute approximate surface area is 967 Å². The molecule has 6 fully saturated rings. The molecule has 24 nitrogen and oxygen atoms in total. The van der Waals surface area contributed by atoms with Gasteiger partial charge in [-0.25, -0.2) is 0 Å². The van der Waals surface area contributed by atoms with Gasteiger partial charge in [0.2, 0.25) is 0 Å². The van der Waals surface area contributed by atoms with Crippen molar-refractivity contribution in [2.24, 2.45) is 9.98 Å². The van der Waals surface area contributed by atoms with E-state index in [1.54, 1.807) is 158 Å². The number of ether oxygens (including phenoxy) is 12. The number of hydrogen-bond donors (Lipinski definition) is 0. The van der Waals surface area contributed by atoms with Gasteiger partial charge in [0.15, 0.2) is 0 Å². The maximum Gasteiger partial charge on any atom is 2.00 e. The van der Waals surface area contributed by atoms with Crippen LogP contribution >= 0.6 is 0 Å². The first-order valence-electron chi connectivity index (χ1n) is 44.4. The predicted octanol–water partition coefficient (Wildman–Crippen LogP) is 4.04. The van der Waals surface area contributed by atoms with Crippen LogP contribution in [0, 0.1) is 0 Å². The zero-order valence-corrected chi connectivity index (χ0v) is 97.6. The number of para-hydroxylation sites is 12. The van der Waals surface area contributed by atoms with Crippen LogP contribution in [0.3, 0.4) is 0 Å². The molecule has 0 aliphatic carbocycles. The molecule has 135 heavy (non-hydrogen) atoms. The van der Waals surface area contributed by atoms with Crippen molar-refractivity contribution >= 4 is 46.6 Å². The van der Waals surface area contributed by atoms with Crippen molar-refractivity contribution in [3.63, 3.8) is 0 Å². The van der Waals surface area contributed by atoms with Crippen molar-refractivity contribution in [2.75, 3.05) is 122 Å². The zero-order valence-electron chi connectivity index (χ0n) is 82.4. The largest absolute Gasteiger partial charge is 2.00 e. The van der Waals surface area contributed by atoms with E-state index >= 15 is 0 Å². The van der Waals surface area contributed by atoms with Gasteiger partial charge in [0, 0.05) is 137 Å². The third-order valence-electron chi connectivity index (χ3n) is 20.6. The summed E-state index contributed by atoms with van der Waals surface area (Å²) >= 11 is 0. The number of rotatable bonds is 30. The summed E-state index contributed by atoms with van der Waals surface area (Å²) in [5.41, 5.74) is 2.16. The van der Waals surface area contributed by atoms with Crippen molar-refractivity contribution in [3.05, 3.63) is 237 Å². The normalized spacial score (nSPS) is 14.0. The Kier molecular flexibility index (Phi) is 83.1. The molecule has 0 aromatic heterocycles. The van der Waals surface area contributed by atoms with Gasteiger partial charge in [-0.3, -0.25) is 9.98 Å². The van der Waals surface area contributed by atoms with E-state index in [1.807, 2.05) is 0 Å². The van der Waals surface area contributed by atoms with Crippen LogP contribution in [0.15, 0.2) is 192 Å². The van der Waals surface area contributed by atoms with E-state index in [1.165, 1.54) is 208 Å². The second kappa shape index (κ2) is 82.8. The minimum Gasteiger partial charge on any atom is -0.870 e. The maximum absolute atomic E-state index is 14.7. The number of benzene rings is 9. The van der Waals surface area contributed by atoms with E-state index in [4.69, 9.17) is 88.1 Å². The molecule has 9 aromatic carbocycles. The minimum absolute atomic E-state index is 0. The first-order valence-corrected chi connectivity index (χ1v) is 44.4. The van der Waals surface area contributed by atoms with Gasteiger partial charge < -0.3 is 109 Å². The quantitative estimate of drug-likeness (QED) is 0.0348. The summed E-state index contributed by atoms with van der Waals surface area (Å²) in [4.78, 5) is 9.39. The smallest absolute Gasteiger partial charge is 0.870 e. The van der Waals surface area contributed by atoms with Crippen LogP contribution in [-0.2, 0) is 78.8 Å². The standard InChI is InChI=1S/C66H60N6O12.2C6H14.6C4H8O.3Co.6Na/c1-79-51-31-13-19-39(61(51)73)37-67-45-25-7-9-27-47(45)69-57(41-21-15-33-53(81-3)63(41)75)59(43-23-17-35-55(83-5)65(43)77)71-49-29-11-12-30-50(49)72-60(44-24-18-36-56(84-6)66(44)78)58(42-22-16-34-54(82-4)64(42)76)70-48-28-10-8-26-46(48)68-38-40-20-14-32-52(80-2)62(40)74;2*1-3-5-6-4-2;6*1-2-4-5-3-1;;;;;;;;;/h7-38,57-60,75-78H,1-6H3,(H,67,73)(H,68,74);2*3-6H2,1-2H3;6*1-4H2;;;;;;;;;/q-4;;;;;;;;;;;+2;6*+1/p-6/t57-,58-,59-,60-;;;;;;;;;;;;;;;;;/m0................./s1. The molecule has 9 aromatic rings. The number of methoxy groups -OCH3 is 6. The number of unbranched alkanes of at least 4 members (excludes halogenated alkanes) is 6. The predicted molar refractivity (Wildman–Crippen MR) is 491 cm³/mol. The van der Waals surface area contributed by atoms with Crippen molar-refractivity contribution in [1.82, 2.24) is 0 Å². The van der Waals surface area contributed by atoms with Gasteiger partial charge >= 0.3 is 194 Å². The van der Waals surface area contributed by atoms with Gasteiger partial charge in [0.25, 0.3) is 0 Å². The van der Waals surface area contributed by atoms with Crippen molar-refractivity contribution in [1.29, 1.82) is 0 Å². The van der Waals surface area contributed by atoms with Gasteiger partial charge in [-0.1, -0.05) is 269 Å². The summed E-state index contributed by atoms with van der Waals surface area (Å²) in [7, 11) is 8.24. The molecule has 6 heterocycles. The Morgan fingerprint density at radius 3 is 0.644 bits per heavy atom. The summed E-state index contributed by atoms with van der Waals surface area (Å²) in [6.07, 6.45) is 29.2. The van der Waals surface area contributed by atoms with Gasteiger partial charge in [0.1, 0.15) is 34.5 Å². The van der Waals surface area contributed by atoms with Crippen molar-refractivity contribution in [3.8, 4) is 69.0 Å². The molecule has 0 bridgehead atoms. The fourth-order valence-corrected chi connectivity index (χ4v) is 13.5. The van der Waals surface area contributed by atoms with E-state index in [0.717, 1.165) is 79.3 Å². The number of aliphatic imine (C=N–C) groups is 2. The Morgan fingerprint density at radius 1 is 0.267 bits per heavy atom. The summed E-state index contributed by atoms with van der Waals surface area (Å²) in [6, 6.07) is 43.3. The van der Waals surface area contributed by atoms with Gasteiger partial charge in [-0.2, -0.15) is 11.4 Å². The van der Waals surface area contributed by atoms with Gasteiger partial charge in [0.05, 0.1) is 42.7 Å². The number of hydrogen-bond acceptors (Lipinski definition) is 20. The van der Waals surface area contributed by atoms with Gasteiger partial charge in [-0.05, 0) is 137 Å². The molecule has 0 N–H and O–H groups in total. The average molecular weight is 2040 g/mol. The summed E-state index contributed by atoms with van der Waals surface area (Å²) in [5.74, 6) is -2.79. The Morgan fingerprint density at radius 2 is 0.452 bits per heavy atom. The van der Waals surface area contributed by atoms with Crippen LogP contribution in [0.4, 0.5) is 34.1 Å². The summed E-state index contributed by atoms with van der Waals surface area (Å²) in [5, 5.41) is 106. The van der Waals surface area contributed by atoms with Crippen molar-refractivity contribution < 1.29 is 315 Å². The first-order chi connectivity index (χ1) is 61.7. The molecular formula is C102H130Co3N6Na6O18-2. The molecule has 4 atom stereocenters. The Bertz CT molecular complexity index is 4220. The molecule has 15 rings (SSSR count). The average Bonchev–Trinajstić information content (AvgIpc) is 1.42. The zero-order chi connectivity index (χ0) is 90.1. The SMILES string of the molecule is C1CCOC1.C1CCOC1.C1CCOC1.C1CCOC1.C1CCOC1.C1CCOC1.CCCCCC.CCCCCC.COc1cccc(C=Nc2ccccc2[N-][C@@H](c2cccc(OC)c2[O-])[C@@H]([N-]c2ccccc2[N-][C@@H](c2cccc(OC)c2[O-])[C@@H]([N-]c2ccccc2N=Cc2cccc(OC)c2[O-])c2cccc(OC)c2[O-])c2cccc(OC)c2[O-])c1[O-].[Co+2].[Co].[Co].[Na+].[Na+].[Na+].[Na+].[Na+].[Na+]. The van der Waals surface area contributed by atoms with E-state index in [2.05, 4.69) is 27.7 Å². The maximum atomic E-state index is 14.7.